The predicted molar refractivity (Wildman–Crippen MR) is 84.7 cm³/mol. The van der Waals surface area contributed by atoms with Crippen molar-refractivity contribution in [1.82, 2.24) is 20.2 Å². The van der Waals surface area contributed by atoms with Crippen LogP contribution in [0.15, 0.2) is 30.7 Å². The molecule has 0 aliphatic carbocycles. The molecule has 3 rings (SSSR count). The minimum absolute atomic E-state index is 0.177. The van der Waals surface area contributed by atoms with Gasteiger partial charge < -0.3 is 10.2 Å². The Kier molecular flexibility index (Phi) is 5.15. The molecule has 0 bridgehead atoms. The molecule has 2 amide bonds. The Balaban J connectivity index is 1.59. The first-order valence-corrected chi connectivity index (χ1v) is 7.97. The molecule has 1 saturated heterocycles. The number of carbonyl (C=O) groups is 2. The summed E-state index contributed by atoms with van der Waals surface area (Å²) < 4.78 is 40.1. The zero-order valence-corrected chi connectivity index (χ0v) is 13.6. The zero-order valence-electron chi connectivity index (χ0n) is 13.6. The van der Waals surface area contributed by atoms with Crippen molar-refractivity contribution in [3.05, 3.63) is 59.4 Å². The number of halogens is 3. The first-order valence-electron chi connectivity index (χ1n) is 7.97. The summed E-state index contributed by atoms with van der Waals surface area (Å²) in [7, 11) is 0. The summed E-state index contributed by atoms with van der Waals surface area (Å²) in [4.78, 5) is 33.4. The molecule has 26 heavy (non-hydrogen) atoms. The van der Waals surface area contributed by atoms with E-state index in [-0.39, 0.29) is 30.7 Å². The highest BCUT2D eigenvalue weighted by Gasteiger charge is 2.28. The summed E-state index contributed by atoms with van der Waals surface area (Å²) in [5.41, 5.74) is -0.319. The minimum atomic E-state index is -1.66. The van der Waals surface area contributed by atoms with Crippen LogP contribution in [-0.2, 0) is 0 Å². The molecule has 0 spiro atoms. The summed E-state index contributed by atoms with van der Waals surface area (Å²) in [6, 6.07) is 1.47. The number of piperidine rings is 1. The average molecular weight is 364 g/mol. The number of hydrogen-bond donors (Lipinski definition) is 1. The van der Waals surface area contributed by atoms with E-state index in [0.717, 1.165) is 12.1 Å². The number of likely N-dealkylation sites (tertiary alicyclic amines) is 1. The highest BCUT2D eigenvalue weighted by atomic mass is 19.2. The molecule has 0 radical (unpaired) electrons. The lowest BCUT2D eigenvalue weighted by Gasteiger charge is -2.32. The standard InChI is InChI=1S/C17H15F3N4O2/c18-12-2-1-11(14(19)15(12)20)17(26)24-7-3-10(4-8-24)23-16(25)13-9-21-5-6-22-13/h1-2,5-6,9-10H,3-4,7-8H2,(H,23,25). The molecule has 9 heteroatoms. The van der Waals surface area contributed by atoms with E-state index in [1.807, 2.05) is 0 Å². The van der Waals surface area contributed by atoms with Gasteiger partial charge in [0.15, 0.2) is 17.5 Å². The molecule has 2 heterocycles. The van der Waals surface area contributed by atoms with Crippen molar-refractivity contribution in [3.63, 3.8) is 0 Å². The fourth-order valence-corrected chi connectivity index (χ4v) is 2.76. The van der Waals surface area contributed by atoms with Crippen molar-refractivity contribution in [2.75, 3.05) is 13.1 Å². The molecule has 2 aromatic rings. The van der Waals surface area contributed by atoms with E-state index in [0.29, 0.717) is 12.8 Å². The van der Waals surface area contributed by atoms with Crippen molar-refractivity contribution in [2.24, 2.45) is 0 Å². The van der Waals surface area contributed by atoms with Gasteiger partial charge in [0.1, 0.15) is 5.69 Å². The van der Waals surface area contributed by atoms with E-state index >= 15 is 0 Å². The number of rotatable bonds is 3. The highest BCUT2D eigenvalue weighted by molar-refractivity contribution is 5.94. The SMILES string of the molecule is O=C(NC1CCN(C(=O)c2ccc(F)c(F)c2F)CC1)c1cnccn1. The van der Waals surface area contributed by atoms with E-state index < -0.39 is 28.9 Å². The molecule has 6 nitrogen and oxygen atoms in total. The molecule has 1 aliphatic rings. The van der Waals surface area contributed by atoms with E-state index in [9.17, 15) is 22.8 Å². The number of benzene rings is 1. The average Bonchev–Trinajstić information content (AvgIpc) is 2.67. The molecule has 1 N–H and O–H groups in total. The van der Waals surface area contributed by atoms with Gasteiger partial charge in [0.25, 0.3) is 11.8 Å². The van der Waals surface area contributed by atoms with Crippen LogP contribution in [0.5, 0.6) is 0 Å². The van der Waals surface area contributed by atoms with Gasteiger partial charge in [-0.05, 0) is 25.0 Å². The smallest absolute Gasteiger partial charge is 0.271 e. The van der Waals surface area contributed by atoms with Crippen molar-refractivity contribution in [3.8, 4) is 0 Å². The van der Waals surface area contributed by atoms with E-state index in [4.69, 9.17) is 0 Å². The van der Waals surface area contributed by atoms with Crippen molar-refractivity contribution in [1.29, 1.82) is 0 Å². The summed E-state index contributed by atoms with van der Waals surface area (Å²) in [5, 5.41) is 2.80. The minimum Gasteiger partial charge on any atom is -0.348 e. The molecule has 0 atom stereocenters. The fourth-order valence-electron chi connectivity index (χ4n) is 2.76. The Bertz CT molecular complexity index is 824. The Morgan fingerprint density at radius 3 is 2.46 bits per heavy atom. The number of amides is 2. The maximum atomic E-state index is 13.8. The third-order valence-electron chi connectivity index (χ3n) is 4.18. The lowest BCUT2D eigenvalue weighted by molar-refractivity contribution is 0.0692. The number of nitrogens with zero attached hydrogens (tertiary/aromatic N) is 3. The third-order valence-corrected chi connectivity index (χ3v) is 4.18. The van der Waals surface area contributed by atoms with Gasteiger partial charge in [0.05, 0.1) is 11.8 Å². The normalized spacial score (nSPS) is 15.0. The predicted octanol–water partition coefficient (Wildman–Crippen LogP) is 1.93. The van der Waals surface area contributed by atoms with Gasteiger partial charge in [0, 0.05) is 31.5 Å². The topological polar surface area (TPSA) is 75.2 Å². The Morgan fingerprint density at radius 2 is 1.81 bits per heavy atom. The summed E-state index contributed by atoms with van der Waals surface area (Å²) in [5.74, 6) is -5.57. The number of hydrogen-bond acceptors (Lipinski definition) is 4. The fraction of sp³-hybridized carbons (Fsp3) is 0.294. The Morgan fingerprint density at radius 1 is 1.08 bits per heavy atom. The second-order valence-electron chi connectivity index (χ2n) is 5.85. The van der Waals surface area contributed by atoms with Crippen molar-refractivity contribution in [2.45, 2.75) is 18.9 Å². The number of carbonyl (C=O) groups excluding carboxylic acids is 2. The molecule has 1 aromatic heterocycles. The first kappa shape index (κ1) is 17.8. The summed E-state index contributed by atoms with van der Waals surface area (Å²) in [6.45, 7) is 0.505. The Hall–Kier alpha value is -2.97. The van der Waals surface area contributed by atoms with Crippen LogP contribution in [0.1, 0.15) is 33.7 Å². The Labute approximate surface area is 147 Å². The van der Waals surface area contributed by atoms with Crippen LogP contribution in [-0.4, -0.2) is 45.8 Å². The number of nitrogens with one attached hydrogen (secondary N) is 1. The molecule has 1 aliphatic heterocycles. The largest absolute Gasteiger partial charge is 0.348 e. The van der Waals surface area contributed by atoms with Crippen LogP contribution in [0.4, 0.5) is 13.2 Å². The maximum Gasteiger partial charge on any atom is 0.271 e. The van der Waals surface area contributed by atoms with Gasteiger partial charge in [-0.15, -0.1) is 0 Å². The number of aromatic nitrogens is 2. The van der Waals surface area contributed by atoms with Gasteiger partial charge in [-0.25, -0.2) is 18.2 Å². The zero-order chi connectivity index (χ0) is 18.7. The first-order chi connectivity index (χ1) is 12.5. The third kappa shape index (κ3) is 3.66. The molecule has 1 fully saturated rings. The summed E-state index contributed by atoms with van der Waals surface area (Å²) >= 11 is 0. The maximum absolute atomic E-state index is 13.8. The second kappa shape index (κ2) is 7.51. The molecule has 136 valence electrons. The van der Waals surface area contributed by atoms with Crippen LogP contribution in [0.2, 0.25) is 0 Å². The van der Waals surface area contributed by atoms with Gasteiger partial charge in [-0.1, -0.05) is 0 Å². The van der Waals surface area contributed by atoms with E-state index in [1.54, 1.807) is 0 Å². The highest BCUT2D eigenvalue weighted by Crippen LogP contribution is 2.19. The molecular formula is C17H15F3N4O2. The van der Waals surface area contributed by atoms with Gasteiger partial charge >= 0.3 is 0 Å². The van der Waals surface area contributed by atoms with Crippen LogP contribution >= 0.6 is 0 Å². The molecule has 0 saturated carbocycles. The van der Waals surface area contributed by atoms with Crippen molar-refractivity contribution < 1.29 is 22.8 Å². The monoisotopic (exact) mass is 364 g/mol. The van der Waals surface area contributed by atoms with Gasteiger partial charge in [-0.3, -0.25) is 14.6 Å². The lowest BCUT2D eigenvalue weighted by Crippen LogP contribution is -2.46. The van der Waals surface area contributed by atoms with Crippen LogP contribution in [0, 0.1) is 17.5 Å². The molecule has 1 aromatic carbocycles. The van der Waals surface area contributed by atoms with Crippen LogP contribution in [0.25, 0.3) is 0 Å². The molecule has 0 unspecified atom stereocenters. The quantitative estimate of drug-likeness (QED) is 0.845. The summed E-state index contributed by atoms with van der Waals surface area (Å²) in [6.07, 6.45) is 5.11. The second-order valence-corrected chi connectivity index (χ2v) is 5.85. The lowest BCUT2D eigenvalue weighted by atomic mass is 10.0. The van der Waals surface area contributed by atoms with Gasteiger partial charge in [-0.2, -0.15) is 0 Å². The van der Waals surface area contributed by atoms with Crippen LogP contribution in [0.3, 0.4) is 0 Å². The van der Waals surface area contributed by atoms with Crippen molar-refractivity contribution >= 4 is 11.8 Å². The van der Waals surface area contributed by atoms with Crippen LogP contribution < -0.4 is 5.32 Å². The molecular weight excluding hydrogens is 349 g/mol. The van der Waals surface area contributed by atoms with E-state index in [1.165, 1.54) is 23.5 Å². The van der Waals surface area contributed by atoms with E-state index in [2.05, 4.69) is 15.3 Å². The van der Waals surface area contributed by atoms with Gasteiger partial charge in [0.2, 0.25) is 0 Å².